The van der Waals surface area contributed by atoms with Gasteiger partial charge in [0.05, 0.1) is 5.69 Å². The molecule has 11 rings (SSSR count). The van der Waals surface area contributed by atoms with Crippen molar-refractivity contribution in [2.24, 2.45) is 0 Å². The molecule has 3 aliphatic rings. The summed E-state index contributed by atoms with van der Waals surface area (Å²) in [5.74, 6) is 0. The third-order valence-electron chi connectivity index (χ3n) is 13.7. The fourth-order valence-electron chi connectivity index (χ4n) is 11.0. The van der Waals surface area contributed by atoms with E-state index in [-0.39, 0.29) is 16.2 Å². The zero-order valence-corrected chi connectivity index (χ0v) is 33.3. The number of hydrogen-bond donors (Lipinski definition) is 0. The molecule has 1 atom stereocenters. The Bertz CT molecular complexity index is 2930. The Kier molecular flexibility index (Phi) is 7.15. The van der Waals surface area contributed by atoms with E-state index in [0.717, 1.165) is 11.4 Å². The maximum Gasteiger partial charge on any atom is 0.0543 e. The number of anilines is 3. The van der Waals surface area contributed by atoms with E-state index in [1.165, 1.54) is 89.1 Å². The van der Waals surface area contributed by atoms with Crippen molar-refractivity contribution in [1.29, 1.82) is 0 Å². The van der Waals surface area contributed by atoms with E-state index in [0.29, 0.717) is 0 Å². The lowest BCUT2D eigenvalue weighted by Gasteiger charge is -2.32. The van der Waals surface area contributed by atoms with Gasteiger partial charge in [-0.1, -0.05) is 179 Å². The fraction of sp³-hybridized carbons (Fsp3) is 0.143. The van der Waals surface area contributed by atoms with Gasteiger partial charge in [-0.2, -0.15) is 0 Å². The van der Waals surface area contributed by atoms with Crippen LogP contribution in [-0.2, 0) is 16.2 Å². The maximum atomic E-state index is 2.54. The van der Waals surface area contributed by atoms with Crippen molar-refractivity contribution in [1.82, 2.24) is 0 Å². The summed E-state index contributed by atoms with van der Waals surface area (Å²) in [5.41, 5.74) is 23.0. The van der Waals surface area contributed by atoms with Gasteiger partial charge in [0, 0.05) is 33.2 Å². The minimum Gasteiger partial charge on any atom is -0.310 e. The number of nitrogens with zero attached hydrogens (tertiary/aromatic N) is 1. The molecule has 274 valence electrons. The first-order valence-corrected chi connectivity index (χ1v) is 20.4. The Labute approximate surface area is 336 Å². The van der Waals surface area contributed by atoms with Crippen LogP contribution in [0.2, 0.25) is 0 Å². The molecule has 0 N–H and O–H groups in total. The summed E-state index contributed by atoms with van der Waals surface area (Å²) >= 11 is 0. The summed E-state index contributed by atoms with van der Waals surface area (Å²) < 4.78 is 0. The zero-order chi connectivity index (χ0) is 38.7. The smallest absolute Gasteiger partial charge is 0.0543 e. The molecule has 0 spiro atoms. The summed E-state index contributed by atoms with van der Waals surface area (Å²) in [6, 6.07) is 68.3. The van der Waals surface area contributed by atoms with Gasteiger partial charge in [0.1, 0.15) is 0 Å². The maximum absolute atomic E-state index is 2.54. The van der Waals surface area contributed by atoms with Crippen molar-refractivity contribution in [2.45, 2.75) is 50.9 Å². The third kappa shape index (κ3) is 4.63. The standard InChI is InChI=1S/C56H45N/c1-54(2)47-28-13-11-24-45(47)52-49(54)30-17-31-51(52)57(39-32-33-43-41-22-10-14-29-48(41)56(5,50(43)35-39)37-19-7-6-8-20-37)38-21-15-18-36(34-38)40-25-16-26-44-42-23-9-12-27-46(42)55(3,4)53(40)44/h6-35H,1-5H3. The van der Waals surface area contributed by atoms with E-state index < -0.39 is 0 Å². The molecule has 1 nitrogen and oxygen atoms in total. The van der Waals surface area contributed by atoms with E-state index in [1.807, 2.05) is 0 Å². The highest BCUT2D eigenvalue weighted by molar-refractivity contribution is 5.97. The highest BCUT2D eigenvalue weighted by Gasteiger charge is 2.42. The van der Waals surface area contributed by atoms with Crippen LogP contribution in [0.25, 0.3) is 44.5 Å². The monoisotopic (exact) mass is 731 g/mol. The van der Waals surface area contributed by atoms with Crippen molar-refractivity contribution in [2.75, 3.05) is 4.90 Å². The molecule has 0 heterocycles. The Hall–Kier alpha value is -6.44. The van der Waals surface area contributed by atoms with Crippen LogP contribution in [0, 0.1) is 0 Å². The number of rotatable bonds is 5. The molecule has 0 radical (unpaired) electrons. The van der Waals surface area contributed by atoms with Gasteiger partial charge >= 0.3 is 0 Å². The normalized spacial score (nSPS) is 17.2. The van der Waals surface area contributed by atoms with Gasteiger partial charge in [-0.05, 0) is 115 Å². The summed E-state index contributed by atoms with van der Waals surface area (Å²) in [6.07, 6.45) is 0. The van der Waals surface area contributed by atoms with Gasteiger partial charge in [0.15, 0.2) is 0 Å². The lowest BCUT2D eigenvalue weighted by molar-refractivity contribution is 0.660. The first kappa shape index (κ1) is 33.9. The Morgan fingerprint density at radius 2 is 0.895 bits per heavy atom. The van der Waals surface area contributed by atoms with Crippen molar-refractivity contribution in [3.8, 4) is 44.5 Å². The van der Waals surface area contributed by atoms with Crippen LogP contribution < -0.4 is 4.90 Å². The molecular formula is C56H45N. The Balaban J connectivity index is 1.16. The Morgan fingerprint density at radius 3 is 1.67 bits per heavy atom. The van der Waals surface area contributed by atoms with Gasteiger partial charge < -0.3 is 4.90 Å². The molecule has 0 bridgehead atoms. The molecule has 0 aromatic heterocycles. The second-order valence-electron chi connectivity index (χ2n) is 17.4. The van der Waals surface area contributed by atoms with Crippen molar-refractivity contribution >= 4 is 17.1 Å². The molecule has 1 heteroatoms. The lowest BCUT2D eigenvalue weighted by atomic mass is 9.74. The highest BCUT2D eigenvalue weighted by atomic mass is 15.1. The minimum atomic E-state index is -0.310. The molecule has 0 fully saturated rings. The van der Waals surface area contributed by atoms with E-state index in [1.54, 1.807) is 0 Å². The summed E-state index contributed by atoms with van der Waals surface area (Å²) in [6.45, 7) is 11.9. The van der Waals surface area contributed by atoms with Crippen LogP contribution in [0.5, 0.6) is 0 Å². The first-order chi connectivity index (χ1) is 27.7. The Morgan fingerprint density at radius 1 is 0.351 bits per heavy atom. The lowest BCUT2D eigenvalue weighted by Crippen LogP contribution is -2.23. The van der Waals surface area contributed by atoms with Crippen LogP contribution in [0.15, 0.2) is 182 Å². The van der Waals surface area contributed by atoms with E-state index in [2.05, 4.69) is 222 Å². The van der Waals surface area contributed by atoms with Gasteiger partial charge in [-0.3, -0.25) is 0 Å². The van der Waals surface area contributed by atoms with Gasteiger partial charge in [-0.15, -0.1) is 0 Å². The molecule has 0 saturated heterocycles. The van der Waals surface area contributed by atoms with Crippen LogP contribution in [0.3, 0.4) is 0 Å². The second-order valence-corrected chi connectivity index (χ2v) is 17.4. The number of benzene rings is 8. The zero-order valence-electron chi connectivity index (χ0n) is 33.3. The second kappa shape index (κ2) is 12.0. The number of fused-ring (bicyclic) bond motifs is 9. The predicted octanol–water partition coefficient (Wildman–Crippen LogP) is 14.8. The van der Waals surface area contributed by atoms with Crippen molar-refractivity contribution < 1.29 is 0 Å². The van der Waals surface area contributed by atoms with Crippen molar-refractivity contribution in [3.63, 3.8) is 0 Å². The highest BCUT2D eigenvalue weighted by Crippen LogP contribution is 2.58. The molecular weight excluding hydrogens is 687 g/mol. The first-order valence-electron chi connectivity index (χ1n) is 20.4. The largest absolute Gasteiger partial charge is 0.310 e. The fourth-order valence-corrected chi connectivity index (χ4v) is 11.0. The quantitative estimate of drug-likeness (QED) is 0.170. The third-order valence-corrected chi connectivity index (χ3v) is 13.7. The summed E-state index contributed by atoms with van der Waals surface area (Å²) in [7, 11) is 0. The van der Waals surface area contributed by atoms with E-state index >= 15 is 0 Å². The summed E-state index contributed by atoms with van der Waals surface area (Å²) in [5, 5.41) is 0. The van der Waals surface area contributed by atoms with Gasteiger partial charge in [0.25, 0.3) is 0 Å². The molecule has 8 aromatic rings. The average Bonchev–Trinajstić information content (AvgIpc) is 3.76. The molecule has 0 aliphatic heterocycles. The van der Waals surface area contributed by atoms with Crippen LogP contribution >= 0.6 is 0 Å². The molecule has 8 aromatic carbocycles. The van der Waals surface area contributed by atoms with Gasteiger partial charge in [-0.25, -0.2) is 0 Å². The molecule has 0 saturated carbocycles. The van der Waals surface area contributed by atoms with Crippen LogP contribution in [-0.4, -0.2) is 0 Å². The van der Waals surface area contributed by atoms with Crippen LogP contribution in [0.1, 0.15) is 73.6 Å². The topological polar surface area (TPSA) is 3.24 Å². The molecule has 57 heavy (non-hydrogen) atoms. The van der Waals surface area contributed by atoms with Crippen LogP contribution in [0.4, 0.5) is 17.1 Å². The SMILES string of the molecule is CC1(C)c2ccccc2-c2c(N(c3cccc(-c4cccc5c4C(C)(C)c4ccccc4-5)c3)c3ccc4c(c3)C(C)(c3ccccc3)c3ccccc3-4)cccc21. The summed E-state index contributed by atoms with van der Waals surface area (Å²) in [4.78, 5) is 2.54. The predicted molar refractivity (Wildman–Crippen MR) is 239 cm³/mol. The molecule has 1 unspecified atom stereocenters. The minimum absolute atomic E-state index is 0.119. The van der Waals surface area contributed by atoms with E-state index in [4.69, 9.17) is 0 Å². The molecule has 0 amide bonds. The van der Waals surface area contributed by atoms with Crippen molar-refractivity contribution in [3.05, 3.63) is 221 Å². The molecule has 3 aliphatic carbocycles. The van der Waals surface area contributed by atoms with E-state index in [9.17, 15) is 0 Å². The average molecular weight is 732 g/mol. The van der Waals surface area contributed by atoms with Gasteiger partial charge in [0.2, 0.25) is 0 Å². The number of hydrogen-bond acceptors (Lipinski definition) is 1.